The summed E-state index contributed by atoms with van der Waals surface area (Å²) in [6.07, 6.45) is 4.99. The third-order valence-electron chi connectivity index (χ3n) is 4.28. The minimum atomic E-state index is -0.421. The van der Waals surface area contributed by atoms with E-state index in [-0.39, 0.29) is 5.97 Å². The van der Waals surface area contributed by atoms with Gasteiger partial charge >= 0.3 is 5.97 Å². The lowest BCUT2D eigenvalue weighted by Gasteiger charge is -2.42. The van der Waals surface area contributed by atoms with Gasteiger partial charge in [0.05, 0.1) is 5.56 Å². The zero-order valence-corrected chi connectivity index (χ0v) is 10.8. The molecule has 0 N–H and O–H groups in total. The van der Waals surface area contributed by atoms with Crippen LogP contribution in [-0.4, -0.2) is 11.6 Å². The third kappa shape index (κ3) is 1.59. The lowest BCUT2D eigenvalue weighted by Crippen LogP contribution is -2.45. The maximum atomic E-state index is 12.3. The predicted octanol–water partition coefficient (Wildman–Crippen LogP) is 3.58. The fourth-order valence-corrected chi connectivity index (χ4v) is 3.23. The Hall–Kier alpha value is -1.57. The first-order valence-electron chi connectivity index (χ1n) is 6.62. The summed E-state index contributed by atoms with van der Waals surface area (Å²) in [7, 11) is 0. The van der Waals surface area contributed by atoms with Crippen molar-refractivity contribution in [2.45, 2.75) is 44.6 Å². The molecular weight excluding hydrogens is 224 g/mol. The number of carbonyl (C=O) groups is 1. The Morgan fingerprint density at radius 3 is 2.94 bits per heavy atom. The molecule has 2 heteroatoms. The van der Waals surface area contributed by atoms with Crippen LogP contribution in [0.25, 0.3) is 0 Å². The van der Waals surface area contributed by atoms with Gasteiger partial charge < -0.3 is 4.74 Å². The number of carbonyl (C=O) groups excluding carboxylic acids is 1. The molecule has 2 nitrogen and oxygen atoms in total. The summed E-state index contributed by atoms with van der Waals surface area (Å²) in [6, 6.07) is 6.03. The largest absolute Gasteiger partial charge is 0.451 e. The smallest absolute Gasteiger partial charge is 0.339 e. The Morgan fingerprint density at radius 1 is 1.33 bits per heavy atom. The zero-order valence-electron chi connectivity index (χ0n) is 10.8. The summed E-state index contributed by atoms with van der Waals surface area (Å²) >= 11 is 0. The molecule has 1 aliphatic carbocycles. The van der Waals surface area contributed by atoms with E-state index < -0.39 is 5.60 Å². The highest BCUT2D eigenvalue weighted by molar-refractivity contribution is 5.94. The molecule has 0 aromatic heterocycles. The Bertz CT molecular complexity index is 530. The molecule has 3 rings (SSSR count). The monoisotopic (exact) mass is 242 g/mol. The van der Waals surface area contributed by atoms with Gasteiger partial charge in [-0.2, -0.15) is 0 Å². The summed E-state index contributed by atoms with van der Waals surface area (Å²) in [5.41, 5.74) is 3.56. The van der Waals surface area contributed by atoms with Gasteiger partial charge in [0.15, 0.2) is 0 Å². The van der Waals surface area contributed by atoms with E-state index in [1.807, 2.05) is 25.1 Å². The quantitative estimate of drug-likeness (QED) is 0.513. The number of hydrogen-bond acceptors (Lipinski definition) is 2. The molecule has 0 saturated heterocycles. The average Bonchev–Trinajstić information content (AvgIpc) is 2.33. The molecule has 1 unspecified atom stereocenters. The molecule has 0 bridgehead atoms. The van der Waals surface area contributed by atoms with Crippen LogP contribution in [0.4, 0.5) is 0 Å². The van der Waals surface area contributed by atoms with Gasteiger partial charge in [-0.15, -0.1) is 0 Å². The number of aryl methyl sites for hydroxylation is 1. The third-order valence-corrected chi connectivity index (χ3v) is 4.28. The van der Waals surface area contributed by atoms with E-state index in [9.17, 15) is 4.79 Å². The zero-order chi connectivity index (χ0) is 12.8. The standard InChI is InChI=1S/C16H18O2/c1-11-6-5-8-13-10-16(18-15(17)14(11)13)9-4-3-7-12(16)2/h5-6,8H,2-4,7,9-10H2,1H3. The normalized spacial score (nSPS) is 26.9. The number of rotatable bonds is 0. The Morgan fingerprint density at radius 2 is 2.17 bits per heavy atom. The second-order valence-electron chi connectivity index (χ2n) is 5.48. The van der Waals surface area contributed by atoms with Gasteiger partial charge in [-0.1, -0.05) is 24.8 Å². The lowest BCUT2D eigenvalue weighted by atomic mass is 9.74. The van der Waals surface area contributed by atoms with E-state index in [0.29, 0.717) is 0 Å². The molecule has 0 amide bonds. The molecule has 1 aromatic rings. The van der Waals surface area contributed by atoms with Crippen molar-refractivity contribution in [3.05, 3.63) is 47.0 Å². The Labute approximate surface area is 108 Å². The molecule has 1 saturated carbocycles. The first kappa shape index (κ1) is 11.5. The molecule has 1 heterocycles. The fraction of sp³-hybridized carbons (Fsp3) is 0.438. The number of hydrogen-bond donors (Lipinski definition) is 0. The van der Waals surface area contributed by atoms with Crippen LogP contribution < -0.4 is 0 Å². The van der Waals surface area contributed by atoms with E-state index in [2.05, 4.69) is 6.58 Å². The van der Waals surface area contributed by atoms with Crippen LogP contribution in [0.15, 0.2) is 30.4 Å². The summed E-state index contributed by atoms with van der Waals surface area (Å²) < 4.78 is 5.80. The highest BCUT2D eigenvalue weighted by Gasteiger charge is 2.43. The summed E-state index contributed by atoms with van der Waals surface area (Å²) in [6.45, 7) is 6.11. The van der Waals surface area contributed by atoms with Crippen molar-refractivity contribution in [3.63, 3.8) is 0 Å². The van der Waals surface area contributed by atoms with E-state index in [4.69, 9.17) is 4.74 Å². The van der Waals surface area contributed by atoms with Gasteiger partial charge in [0.1, 0.15) is 5.60 Å². The molecule has 1 aliphatic heterocycles. The van der Waals surface area contributed by atoms with Gasteiger partial charge in [0.2, 0.25) is 0 Å². The van der Waals surface area contributed by atoms with E-state index >= 15 is 0 Å². The highest BCUT2D eigenvalue weighted by Crippen LogP contribution is 2.42. The van der Waals surface area contributed by atoms with E-state index in [0.717, 1.165) is 47.9 Å². The van der Waals surface area contributed by atoms with Crippen molar-refractivity contribution < 1.29 is 9.53 Å². The highest BCUT2D eigenvalue weighted by atomic mass is 16.6. The summed E-state index contributed by atoms with van der Waals surface area (Å²) in [5, 5.41) is 0. The van der Waals surface area contributed by atoms with E-state index in [1.54, 1.807) is 0 Å². The lowest BCUT2D eigenvalue weighted by molar-refractivity contribution is -0.0175. The van der Waals surface area contributed by atoms with Crippen molar-refractivity contribution in [3.8, 4) is 0 Å². The molecule has 1 fully saturated rings. The van der Waals surface area contributed by atoms with Crippen LogP contribution in [0.2, 0.25) is 0 Å². The average molecular weight is 242 g/mol. The second-order valence-corrected chi connectivity index (χ2v) is 5.48. The van der Waals surface area contributed by atoms with Gasteiger partial charge in [0, 0.05) is 6.42 Å². The van der Waals surface area contributed by atoms with Crippen molar-refractivity contribution in [1.82, 2.24) is 0 Å². The first-order chi connectivity index (χ1) is 8.62. The van der Waals surface area contributed by atoms with Crippen LogP contribution in [0.1, 0.15) is 47.2 Å². The minimum Gasteiger partial charge on any atom is -0.451 e. The maximum absolute atomic E-state index is 12.3. The summed E-state index contributed by atoms with van der Waals surface area (Å²) in [4.78, 5) is 12.3. The number of benzene rings is 1. The number of fused-ring (bicyclic) bond motifs is 1. The predicted molar refractivity (Wildman–Crippen MR) is 70.6 cm³/mol. The molecule has 0 radical (unpaired) electrons. The van der Waals surface area contributed by atoms with Crippen LogP contribution in [0.5, 0.6) is 0 Å². The van der Waals surface area contributed by atoms with E-state index in [1.165, 1.54) is 6.42 Å². The molecule has 1 atom stereocenters. The Kier molecular flexibility index (Phi) is 2.54. The maximum Gasteiger partial charge on any atom is 0.339 e. The molecule has 1 spiro atoms. The molecule has 94 valence electrons. The molecular formula is C16H18O2. The van der Waals surface area contributed by atoms with Gasteiger partial charge in [0.25, 0.3) is 0 Å². The molecule has 1 aromatic carbocycles. The number of ether oxygens (including phenoxy) is 1. The van der Waals surface area contributed by atoms with Crippen LogP contribution in [0, 0.1) is 6.92 Å². The van der Waals surface area contributed by atoms with Gasteiger partial charge in [-0.3, -0.25) is 0 Å². The van der Waals surface area contributed by atoms with Crippen molar-refractivity contribution in [2.75, 3.05) is 0 Å². The van der Waals surface area contributed by atoms with Gasteiger partial charge in [-0.05, 0) is 49.3 Å². The van der Waals surface area contributed by atoms with Crippen molar-refractivity contribution >= 4 is 5.97 Å². The SMILES string of the molecule is C=C1CCCCC12Cc1cccc(C)c1C(=O)O2. The van der Waals surface area contributed by atoms with Crippen LogP contribution >= 0.6 is 0 Å². The van der Waals surface area contributed by atoms with Crippen LogP contribution in [0.3, 0.4) is 0 Å². The Balaban J connectivity index is 2.06. The summed E-state index contributed by atoms with van der Waals surface area (Å²) in [5.74, 6) is -0.169. The fourth-order valence-electron chi connectivity index (χ4n) is 3.23. The minimum absolute atomic E-state index is 0.169. The van der Waals surface area contributed by atoms with Crippen molar-refractivity contribution in [1.29, 1.82) is 0 Å². The second kappa shape index (κ2) is 3.98. The first-order valence-corrected chi connectivity index (χ1v) is 6.62. The van der Waals surface area contributed by atoms with Crippen molar-refractivity contribution in [2.24, 2.45) is 0 Å². The topological polar surface area (TPSA) is 26.3 Å². The van der Waals surface area contributed by atoms with Gasteiger partial charge in [-0.25, -0.2) is 4.79 Å². The molecule has 2 aliphatic rings. The molecule has 18 heavy (non-hydrogen) atoms. The number of esters is 1. The van der Waals surface area contributed by atoms with Crippen LogP contribution in [-0.2, 0) is 11.2 Å².